The molecule has 0 atom stereocenters. The second-order valence-electron chi connectivity index (χ2n) is 8.42. The van der Waals surface area contributed by atoms with Crippen LogP contribution in [0.4, 0.5) is 5.69 Å². The van der Waals surface area contributed by atoms with Gasteiger partial charge < -0.3 is 24.8 Å². The molecule has 2 N–H and O–H groups in total. The van der Waals surface area contributed by atoms with E-state index in [1.165, 1.54) is 0 Å². The first kappa shape index (κ1) is 19.2. The minimum Gasteiger partial charge on any atom is -0.486 e. The van der Waals surface area contributed by atoms with E-state index >= 15 is 0 Å². The first-order valence-electron chi connectivity index (χ1n) is 10.8. The van der Waals surface area contributed by atoms with Crippen LogP contribution < -0.4 is 19.7 Å². The highest BCUT2D eigenvalue weighted by atomic mass is 16.6. The summed E-state index contributed by atoms with van der Waals surface area (Å²) in [7, 11) is 0. The van der Waals surface area contributed by atoms with E-state index < -0.39 is 0 Å². The van der Waals surface area contributed by atoms with Crippen LogP contribution in [-0.2, 0) is 0 Å². The van der Waals surface area contributed by atoms with E-state index in [1.807, 2.05) is 30.3 Å². The number of hydrogen-bond donors (Lipinski definition) is 2. The minimum atomic E-state index is -0.121. The second-order valence-corrected chi connectivity index (χ2v) is 8.42. The molecule has 1 aliphatic carbocycles. The summed E-state index contributed by atoms with van der Waals surface area (Å²) < 4.78 is 11.4. The number of benzene rings is 2. The van der Waals surface area contributed by atoms with Crippen LogP contribution >= 0.6 is 0 Å². The fraction of sp³-hybridized carbons (Fsp3) is 0.458. The number of hydrogen-bond acceptors (Lipinski definition) is 6. The molecule has 0 aromatic heterocycles. The van der Waals surface area contributed by atoms with Gasteiger partial charge >= 0.3 is 0 Å². The standard InChI is InChI=1S/C24H27N3O3/c25-15-21-20(16-4-5-23-24(12-16)30-11-10-29-23)2-1-3-22(21)27-8-6-17(7-9-27)26-18-13-19(28)14-18/h1-5,12,17-19,26,28H,6-11,13-14H2/t18-,19-. The number of aliphatic hydroxyl groups excluding tert-OH is 1. The van der Waals surface area contributed by atoms with Crippen LogP contribution in [0.3, 0.4) is 0 Å². The Balaban J connectivity index is 1.34. The van der Waals surface area contributed by atoms with Crippen LogP contribution in [0.25, 0.3) is 11.1 Å². The average molecular weight is 405 g/mol. The number of nitriles is 1. The highest BCUT2D eigenvalue weighted by molar-refractivity contribution is 5.79. The van der Waals surface area contributed by atoms with E-state index in [9.17, 15) is 10.4 Å². The van der Waals surface area contributed by atoms with Crippen molar-refractivity contribution in [2.75, 3.05) is 31.2 Å². The molecule has 2 fully saturated rings. The molecule has 30 heavy (non-hydrogen) atoms. The third-order valence-corrected chi connectivity index (χ3v) is 6.43. The third-order valence-electron chi connectivity index (χ3n) is 6.43. The van der Waals surface area contributed by atoms with Gasteiger partial charge in [-0.1, -0.05) is 18.2 Å². The molecule has 1 saturated heterocycles. The molecule has 2 aliphatic heterocycles. The van der Waals surface area contributed by atoms with Gasteiger partial charge in [-0.15, -0.1) is 0 Å². The number of aliphatic hydroxyl groups is 1. The van der Waals surface area contributed by atoms with Crippen LogP contribution in [-0.4, -0.2) is 49.6 Å². The number of fused-ring (bicyclic) bond motifs is 1. The topological polar surface area (TPSA) is 77.8 Å². The normalized spacial score (nSPS) is 23.5. The zero-order valence-corrected chi connectivity index (χ0v) is 17.0. The first-order valence-corrected chi connectivity index (χ1v) is 10.8. The van der Waals surface area contributed by atoms with Crippen LogP contribution in [0.1, 0.15) is 31.2 Å². The quantitative estimate of drug-likeness (QED) is 0.814. The van der Waals surface area contributed by atoms with Gasteiger partial charge in [0.2, 0.25) is 0 Å². The largest absolute Gasteiger partial charge is 0.486 e. The van der Waals surface area contributed by atoms with Crippen molar-refractivity contribution in [1.29, 1.82) is 5.26 Å². The summed E-state index contributed by atoms with van der Waals surface area (Å²) in [6.45, 7) is 2.96. The zero-order valence-electron chi connectivity index (χ0n) is 17.0. The smallest absolute Gasteiger partial charge is 0.161 e. The average Bonchev–Trinajstić information content (AvgIpc) is 2.77. The van der Waals surface area contributed by atoms with Gasteiger partial charge in [-0.3, -0.25) is 0 Å². The predicted octanol–water partition coefficient (Wildman–Crippen LogP) is 3.08. The Kier molecular flexibility index (Phi) is 5.24. The van der Waals surface area contributed by atoms with Crippen molar-refractivity contribution in [3.8, 4) is 28.7 Å². The van der Waals surface area contributed by atoms with E-state index in [1.54, 1.807) is 0 Å². The number of rotatable bonds is 4. The van der Waals surface area contributed by atoms with Crippen LogP contribution in [0.5, 0.6) is 11.5 Å². The molecule has 0 radical (unpaired) electrons. The maximum Gasteiger partial charge on any atom is 0.161 e. The molecular formula is C24H27N3O3. The van der Waals surface area contributed by atoms with Crippen LogP contribution in [0.15, 0.2) is 36.4 Å². The third kappa shape index (κ3) is 3.71. The monoisotopic (exact) mass is 405 g/mol. The van der Waals surface area contributed by atoms with Gasteiger partial charge in [0.1, 0.15) is 19.3 Å². The molecule has 0 bridgehead atoms. The zero-order chi connectivity index (χ0) is 20.5. The van der Waals surface area contributed by atoms with E-state index in [0.29, 0.717) is 30.9 Å². The molecule has 1 saturated carbocycles. The number of nitrogens with zero attached hydrogens (tertiary/aromatic N) is 2. The summed E-state index contributed by atoms with van der Waals surface area (Å²) >= 11 is 0. The molecule has 0 unspecified atom stereocenters. The highest BCUT2D eigenvalue weighted by Gasteiger charge is 2.30. The molecule has 6 heteroatoms. The lowest BCUT2D eigenvalue weighted by molar-refractivity contribution is 0.0562. The lowest BCUT2D eigenvalue weighted by Crippen LogP contribution is -2.52. The van der Waals surface area contributed by atoms with Crippen molar-refractivity contribution in [1.82, 2.24) is 5.32 Å². The molecule has 6 nitrogen and oxygen atoms in total. The number of nitrogens with one attached hydrogen (secondary N) is 1. The summed E-state index contributed by atoms with van der Waals surface area (Å²) in [5.41, 5.74) is 3.61. The predicted molar refractivity (Wildman–Crippen MR) is 115 cm³/mol. The Morgan fingerprint density at radius 3 is 2.50 bits per heavy atom. The molecule has 2 aromatic rings. The molecule has 3 aliphatic rings. The molecule has 0 spiro atoms. The Morgan fingerprint density at radius 2 is 1.77 bits per heavy atom. The van der Waals surface area contributed by atoms with Gasteiger partial charge in [-0.25, -0.2) is 0 Å². The fourth-order valence-electron chi connectivity index (χ4n) is 4.72. The van der Waals surface area contributed by atoms with Gasteiger partial charge in [-0.05, 0) is 49.4 Å². The molecule has 5 rings (SSSR count). The van der Waals surface area contributed by atoms with Crippen molar-refractivity contribution >= 4 is 5.69 Å². The van der Waals surface area contributed by atoms with Gasteiger partial charge in [0.25, 0.3) is 0 Å². The van der Waals surface area contributed by atoms with Gasteiger partial charge in [0.15, 0.2) is 11.5 Å². The minimum absolute atomic E-state index is 0.121. The Morgan fingerprint density at radius 1 is 1.00 bits per heavy atom. The van der Waals surface area contributed by atoms with Crippen molar-refractivity contribution in [3.05, 3.63) is 42.0 Å². The van der Waals surface area contributed by atoms with E-state index in [-0.39, 0.29) is 6.10 Å². The number of piperidine rings is 1. The summed E-state index contributed by atoms with van der Waals surface area (Å²) in [5, 5.41) is 23.2. The fourth-order valence-corrected chi connectivity index (χ4v) is 4.72. The van der Waals surface area contributed by atoms with E-state index in [4.69, 9.17) is 9.47 Å². The lowest BCUT2D eigenvalue weighted by Gasteiger charge is -2.40. The maximum atomic E-state index is 10.00. The van der Waals surface area contributed by atoms with E-state index in [2.05, 4.69) is 22.4 Å². The van der Waals surface area contributed by atoms with E-state index in [0.717, 1.165) is 67.1 Å². The van der Waals surface area contributed by atoms with Crippen molar-refractivity contribution in [2.24, 2.45) is 0 Å². The molecular weight excluding hydrogens is 378 g/mol. The summed E-state index contributed by atoms with van der Waals surface area (Å²) in [6.07, 6.45) is 3.72. The van der Waals surface area contributed by atoms with Crippen molar-refractivity contribution in [2.45, 2.75) is 43.9 Å². The van der Waals surface area contributed by atoms with Crippen LogP contribution in [0.2, 0.25) is 0 Å². The molecule has 2 aromatic carbocycles. The Bertz CT molecular complexity index is 957. The summed E-state index contributed by atoms with van der Waals surface area (Å²) in [4.78, 5) is 2.33. The summed E-state index contributed by atoms with van der Waals surface area (Å²) in [5.74, 6) is 1.49. The van der Waals surface area contributed by atoms with Crippen LogP contribution in [0, 0.1) is 11.3 Å². The first-order chi connectivity index (χ1) is 14.7. The Hall–Kier alpha value is -2.75. The van der Waals surface area contributed by atoms with Gasteiger partial charge in [0, 0.05) is 30.7 Å². The van der Waals surface area contributed by atoms with Crippen molar-refractivity contribution in [3.63, 3.8) is 0 Å². The molecule has 2 heterocycles. The number of ether oxygens (including phenoxy) is 2. The lowest BCUT2D eigenvalue weighted by atomic mass is 9.88. The van der Waals surface area contributed by atoms with Gasteiger partial charge in [0.05, 0.1) is 17.4 Å². The maximum absolute atomic E-state index is 10.00. The SMILES string of the molecule is N#Cc1c(-c2ccc3c(c2)OCCO3)cccc1N1CCC(N[C@H]2C[C@H](O)C2)CC1. The molecule has 0 amide bonds. The summed E-state index contributed by atoms with van der Waals surface area (Å²) in [6, 6.07) is 15.4. The number of anilines is 1. The van der Waals surface area contributed by atoms with Gasteiger partial charge in [-0.2, -0.15) is 5.26 Å². The second kappa shape index (κ2) is 8.17. The Labute approximate surface area is 177 Å². The molecule has 156 valence electrons. The highest BCUT2D eigenvalue weighted by Crippen LogP contribution is 2.38. The van der Waals surface area contributed by atoms with Crippen molar-refractivity contribution < 1.29 is 14.6 Å².